The molecule has 202 valence electrons. The number of nitrogens with one attached hydrogen (secondary N) is 1. The van der Waals surface area contributed by atoms with Crippen LogP contribution in [0.3, 0.4) is 0 Å². The second-order valence-corrected chi connectivity index (χ2v) is 10.0. The lowest BCUT2D eigenvalue weighted by molar-refractivity contribution is 0.201. The van der Waals surface area contributed by atoms with E-state index in [9.17, 15) is 9.59 Å². The fourth-order valence-corrected chi connectivity index (χ4v) is 5.21. The van der Waals surface area contributed by atoms with Gasteiger partial charge in [0.2, 0.25) is 0 Å². The van der Waals surface area contributed by atoms with Crippen LogP contribution in [-0.4, -0.2) is 33.4 Å². The van der Waals surface area contributed by atoms with Gasteiger partial charge < -0.3 is 14.8 Å². The van der Waals surface area contributed by atoms with Crippen molar-refractivity contribution in [2.45, 2.75) is 38.7 Å². The minimum absolute atomic E-state index is 0.206. The molecule has 1 saturated carbocycles. The number of ether oxygens (including phenoxy) is 2. The lowest BCUT2D eigenvalue weighted by Crippen LogP contribution is -2.32. The average Bonchev–Trinajstić information content (AvgIpc) is 3.59. The summed E-state index contributed by atoms with van der Waals surface area (Å²) in [7, 11) is 1.64. The molecule has 0 saturated heterocycles. The van der Waals surface area contributed by atoms with Gasteiger partial charge in [-0.15, -0.1) is 0 Å². The molecule has 1 aliphatic rings. The molecule has 1 N–H and O–H groups in total. The third-order valence-electron chi connectivity index (χ3n) is 7.32. The van der Waals surface area contributed by atoms with Gasteiger partial charge in [0, 0.05) is 17.4 Å². The molecule has 1 fully saturated rings. The summed E-state index contributed by atoms with van der Waals surface area (Å²) in [6, 6.07) is 23.6. The topological polar surface area (TPSA) is 87.4 Å². The Morgan fingerprint density at radius 2 is 1.62 bits per heavy atom. The lowest BCUT2D eigenvalue weighted by Gasteiger charge is -2.17. The molecule has 0 bridgehead atoms. The van der Waals surface area contributed by atoms with Gasteiger partial charge in [-0.1, -0.05) is 35.9 Å². The summed E-state index contributed by atoms with van der Waals surface area (Å²) >= 11 is 0. The van der Waals surface area contributed by atoms with Gasteiger partial charge in [0.05, 0.1) is 24.2 Å². The monoisotopic (exact) mass is 534 g/mol. The number of imidazole rings is 1. The highest BCUT2D eigenvalue weighted by atomic mass is 16.5. The predicted octanol–water partition coefficient (Wildman–Crippen LogP) is 6.57. The number of rotatable bonds is 6. The highest BCUT2D eigenvalue weighted by Crippen LogP contribution is 2.35. The number of anilines is 1. The van der Waals surface area contributed by atoms with E-state index >= 15 is 0 Å². The Morgan fingerprint density at radius 3 is 2.33 bits per heavy atom. The second-order valence-electron chi connectivity index (χ2n) is 10.0. The van der Waals surface area contributed by atoms with Gasteiger partial charge >= 0.3 is 11.7 Å². The minimum Gasteiger partial charge on any atom is -0.493 e. The van der Waals surface area contributed by atoms with Crippen LogP contribution in [0, 0.1) is 6.92 Å². The van der Waals surface area contributed by atoms with Crippen molar-refractivity contribution in [3.8, 4) is 28.4 Å². The molecule has 8 nitrogen and oxygen atoms in total. The minimum atomic E-state index is -0.534. The van der Waals surface area contributed by atoms with Gasteiger partial charge in [0.25, 0.3) is 0 Å². The van der Waals surface area contributed by atoms with Gasteiger partial charge in [-0.05, 0) is 86.7 Å². The molecule has 1 aliphatic carbocycles. The number of hydrogen-bond donors (Lipinski definition) is 1. The second kappa shape index (κ2) is 10.7. The maximum Gasteiger partial charge on any atom is 0.343 e. The van der Waals surface area contributed by atoms with E-state index in [1.165, 1.54) is 17.4 Å². The Kier molecular flexibility index (Phi) is 6.82. The van der Waals surface area contributed by atoms with Gasteiger partial charge in [-0.25, -0.2) is 23.7 Å². The summed E-state index contributed by atoms with van der Waals surface area (Å²) < 4.78 is 14.4. The van der Waals surface area contributed by atoms with Crippen LogP contribution in [0.2, 0.25) is 0 Å². The summed E-state index contributed by atoms with van der Waals surface area (Å²) in [6.45, 7) is 1.97. The van der Waals surface area contributed by atoms with Crippen molar-refractivity contribution in [3.05, 3.63) is 101 Å². The first-order valence-corrected chi connectivity index (χ1v) is 13.4. The molecular weight excluding hydrogens is 504 g/mol. The first kappa shape index (κ1) is 25.4. The van der Waals surface area contributed by atoms with E-state index in [4.69, 9.17) is 9.47 Å². The third-order valence-corrected chi connectivity index (χ3v) is 7.32. The molecule has 6 rings (SSSR count). The summed E-state index contributed by atoms with van der Waals surface area (Å²) in [5.74, 6) is 1.83. The first-order valence-electron chi connectivity index (χ1n) is 13.4. The predicted molar refractivity (Wildman–Crippen MR) is 156 cm³/mol. The standard InChI is InChI=1S/C32H30N4O4/c1-21-11-15-24(16-12-21)34-31(37)36-27-10-6-5-9-26(27)35(32(36)38)30-18-14-23(20-33-30)22-13-17-28(39-2)29(19-22)40-25-7-3-4-8-25/h5-6,9-20,25H,3-4,7-8H2,1-2H3,(H,34,37). The Labute approximate surface area is 231 Å². The van der Waals surface area contributed by atoms with Crippen molar-refractivity contribution >= 4 is 22.8 Å². The van der Waals surface area contributed by atoms with Crippen molar-refractivity contribution in [3.63, 3.8) is 0 Å². The van der Waals surface area contributed by atoms with Crippen LogP contribution >= 0.6 is 0 Å². The van der Waals surface area contributed by atoms with Crippen molar-refractivity contribution in [1.29, 1.82) is 0 Å². The van der Waals surface area contributed by atoms with Crippen LogP contribution in [-0.2, 0) is 0 Å². The van der Waals surface area contributed by atoms with Gasteiger partial charge in [0.1, 0.15) is 5.82 Å². The largest absolute Gasteiger partial charge is 0.493 e. The van der Waals surface area contributed by atoms with Crippen LogP contribution in [0.25, 0.3) is 28.0 Å². The number of aryl methyl sites for hydroxylation is 1. The number of methoxy groups -OCH3 is 1. The van der Waals surface area contributed by atoms with E-state index < -0.39 is 11.7 Å². The van der Waals surface area contributed by atoms with Crippen LogP contribution in [0.5, 0.6) is 11.5 Å². The Morgan fingerprint density at radius 1 is 0.900 bits per heavy atom. The molecule has 0 unspecified atom stereocenters. The Bertz CT molecular complexity index is 1730. The lowest BCUT2D eigenvalue weighted by atomic mass is 10.1. The number of fused-ring (bicyclic) bond motifs is 1. The van der Waals surface area contributed by atoms with Crippen molar-refractivity contribution in [2.75, 3.05) is 12.4 Å². The molecule has 40 heavy (non-hydrogen) atoms. The summed E-state index contributed by atoms with van der Waals surface area (Å²) in [4.78, 5) is 31.4. The van der Waals surface area contributed by atoms with Crippen LogP contribution < -0.4 is 20.5 Å². The number of aromatic nitrogens is 3. The number of hydrogen-bond acceptors (Lipinski definition) is 5. The highest BCUT2D eigenvalue weighted by Gasteiger charge is 2.21. The van der Waals surface area contributed by atoms with E-state index in [0.717, 1.165) is 39.8 Å². The van der Waals surface area contributed by atoms with E-state index in [2.05, 4.69) is 10.3 Å². The molecule has 8 heteroatoms. The SMILES string of the molecule is COc1ccc(-c2ccc(-n3c(=O)n(C(=O)Nc4ccc(C)cc4)c4ccccc43)nc2)cc1OC1CCCC1. The van der Waals surface area contributed by atoms with Crippen molar-refractivity contribution in [2.24, 2.45) is 0 Å². The zero-order valence-electron chi connectivity index (χ0n) is 22.5. The maximum atomic E-state index is 13.6. The molecule has 0 aliphatic heterocycles. The number of carbonyl (C=O) groups is 1. The van der Waals surface area contributed by atoms with Gasteiger partial charge in [-0.3, -0.25) is 0 Å². The van der Waals surface area contributed by atoms with Crippen LogP contribution in [0.15, 0.2) is 89.9 Å². The number of nitrogens with zero attached hydrogens (tertiary/aromatic N) is 3. The van der Waals surface area contributed by atoms with E-state index in [1.54, 1.807) is 49.7 Å². The molecule has 0 atom stereocenters. The smallest absolute Gasteiger partial charge is 0.343 e. The fraction of sp³-hybridized carbons (Fsp3) is 0.219. The average molecular weight is 535 g/mol. The van der Waals surface area contributed by atoms with Crippen LogP contribution in [0.4, 0.5) is 10.5 Å². The molecule has 2 aromatic heterocycles. The quantitative estimate of drug-likeness (QED) is 0.266. The van der Waals surface area contributed by atoms with Gasteiger partial charge in [0.15, 0.2) is 11.5 Å². The van der Waals surface area contributed by atoms with E-state index in [-0.39, 0.29) is 6.10 Å². The number of amides is 1. The van der Waals surface area contributed by atoms with E-state index in [0.29, 0.717) is 28.3 Å². The Balaban J connectivity index is 1.33. The Hall–Kier alpha value is -4.85. The normalized spacial score (nSPS) is 13.4. The van der Waals surface area contributed by atoms with Crippen LogP contribution in [0.1, 0.15) is 31.2 Å². The summed E-state index contributed by atoms with van der Waals surface area (Å²) in [5.41, 5.74) is 4.07. The molecule has 3 aromatic carbocycles. The summed E-state index contributed by atoms with van der Waals surface area (Å²) in [5, 5.41) is 2.82. The van der Waals surface area contributed by atoms with E-state index in [1.807, 2.05) is 49.4 Å². The molecule has 0 spiro atoms. The molecule has 0 radical (unpaired) electrons. The number of para-hydroxylation sites is 2. The maximum absolute atomic E-state index is 13.6. The summed E-state index contributed by atoms with van der Waals surface area (Å²) in [6.07, 6.45) is 6.39. The first-order chi connectivity index (χ1) is 19.5. The number of carbonyl (C=O) groups excluding carboxylic acids is 1. The zero-order chi connectivity index (χ0) is 27.6. The number of pyridine rings is 1. The number of benzene rings is 3. The van der Waals surface area contributed by atoms with Gasteiger partial charge in [-0.2, -0.15) is 0 Å². The molecule has 2 heterocycles. The molecular formula is C32H30N4O4. The zero-order valence-corrected chi connectivity index (χ0v) is 22.5. The van der Waals surface area contributed by atoms with Crippen molar-refractivity contribution < 1.29 is 14.3 Å². The third kappa shape index (κ3) is 4.84. The highest BCUT2D eigenvalue weighted by molar-refractivity contribution is 5.97. The fourth-order valence-electron chi connectivity index (χ4n) is 5.21. The van der Waals surface area contributed by atoms with Crippen molar-refractivity contribution in [1.82, 2.24) is 14.1 Å². The molecule has 5 aromatic rings. The molecule has 1 amide bonds.